The van der Waals surface area contributed by atoms with Gasteiger partial charge in [0.1, 0.15) is 0 Å². The molecule has 0 rings (SSSR count). The van der Waals surface area contributed by atoms with Gasteiger partial charge in [0.05, 0.1) is 2.74 Å². The van der Waals surface area contributed by atoms with Crippen molar-refractivity contribution in [2.24, 2.45) is 0 Å². The van der Waals surface area contributed by atoms with Crippen molar-refractivity contribution in [3.05, 3.63) is 25.3 Å². The van der Waals surface area contributed by atoms with E-state index in [-0.39, 0.29) is 6.05 Å². The van der Waals surface area contributed by atoms with Gasteiger partial charge in [0.2, 0.25) is 5.24 Å². The SMILES string of the molecule is [2H]C(=C)C(=O)Cl.[2H]C(=C)C(=O)O. The van der Waals surface area contributed by atoms with E-state index in [1.54, 1.807) is 0 Å². The Hall–Kier alpha value is -1.09. The van der Waals surface area contributed by atoms with Crippen LogP contribution in [-0.4, -0.2) is 16.3 Å². The van der Waals surface area contributed by atoms with E-state index in [2.05, 4.69) is 24.8 Å². The topological polar surface area (TPSA) is 54.4 Å². The molecule has 0 aromatic heterocycles. The lowest BCUT2D eigenvalue weighted by atomic mass is 10.7. The van der Waals surface area contributed by atoms with Crippen molar-refractivity contribution in [3.8, 4) is 0 Å². The standard InChI is InChI=1S/C3H3ClO.C3H4O2/c2*1-2-3(4)5/h2H,1H2;2H,1H2,(H,4,5)/i2*2D. The second-order valence-corrected chi connectivity index (χ2v) is 1.28. The Morgan fingerprint density at radius 2 is 1.70 bits per heavy atom. The number of hydrogen-bond donors (Lipinski definition) is 1. The highest BCUT2D eigenvalue weighted by Crippen LogP contribution is 1.74. The molecule has 0 aromatic rings. The molecule has 0 heterocycles. The van der Waals surface area contributed by atoms with Crippen molar-refractivity contribution in [3.63, 3.8) is 0 Å². The lowest BCUT2D eigenvalue weighted by molar-refractivity contribution is -0.131. The van der Waals surface area contributed by atoms with Gasteiger partial charge in [0, 0.05) is 6.05 Å². The molecule has 0 aliphatic heterocycles. The van der Waals surface area contributed by atoms with Crippen molar-refractivity contribution >= 4 is 22.8 Å². The van der Waals surface area contributed by atoms with Gasteiger partial charge in [0.25, 0.3) is 0 Å². The zero-order chi connectivity index (χ0) is 10.3. The maximum Gasteiger partial charge on any atom is 0.327 e. The minimum Gasteiger partial charge on any atom is -0.478 e. The first kappa shape index (κ1) is 7.02. The summed E-state index contributed by atoms with van der Waals surface area (Å²) in [5, 5.41) is 6.91. The number of aliphatic carboxylic acids is 1. The summed E-state index contributed by atoms with van der Waals surface area (Å²) in [6.45, 7) is 5.76. The average Bonchev–Trinajstić information content (AvgIpc) is 1.88. The fourth-order valence-electron chi connectivity index (χ4n) is 0. The number of allylic oxidation sites excluding steroid dienone is 1. The molecule has 0 spiro atoms. The molecule has 0 aliphatic rings. The van der Waals surface area contributed by atoms with Crippen LogP contribution in [0.4, 0.5) is 0 Å². The molecule has 0 saturated heterocycles. The molecule has 0 aromatic carbocycles. The molecule has 56 valence electrons. The van der Waals surface area contributed by atoms with Crippen LogP contribution in [0.3, 0.4) is 0 Å². The maximum atomic E-state index is 9.62. The van der Waals surface area contributed by atoms with Gasteiger partial charge in [-0.25, -0.2) is 4.79 Å². The average molecular weight is 165 g/mol. The summed E-state index contributed by atoms with van der Waals surface area (Å²) >= 11 is 4.69. The fourth-order valence-corrected chi connectivity index (χ4v) is 0. The number of hydrogen-bond acceptors (Lipinski definition) is 2. The first-order valence-corrected chi connectivity index (χ1v) is 2.41. The maximum absolute atomic E-state index is 9.62. The first-order valence-electron chi connectivity index (χ1n) is 3.03. The van der Waals surface area contributed by atoms with Crippen LogP contribution in [0.1, 0.15) is 2.74 Å². The molecule has 10 heavy (non-hydrogen) atoms. The van der Waals surface area contributed by atoms with Crippen molar-refractivity contribution in [2.45, 2.75) is 0 Å². The summed E-state index contributed by atoms with van der Waals surface area (Å²) in [5.74, 6) is -1.27. The molecule has 0 fully saturated rings. The van der Waals surface area contributed by atoms with Gasteiger partial charge >= 0.3 is 5.97 Å². The van der Waals surface area contributed by atoms with Gasteiger partial charge in [-0.1, -0.05) is 13.2 Å². The summed E-state index contributed by atoms with van der Waals surface area (Å²) in [7, 11) is 0. The Bertz CT molecular complexity index is 177. The minimum absolute atomic E-state index is 0.364. The second kappa shape index (κ2) is 7.91. The Balaban J connectivity index is 0. The first-order chi connectivity index (χ1) is 5.29. The van der Waals surface area contributed by atoms with E-state index < -0.39 is 17.3 Å². The van der Waals surface area contributed by atoms with Crippen LogP contribution in [0.5, 0.6) is 0 Å². The van der Waals surface area contributed by atoms with Gasteiger partial charge in [-0.15, -0.1) is 0 Å². The van der Waals surface area contributed by atoms with Crippen molar-refractivity contribution < 1.29 is 17.4 Å². The predicted octanol–water partition coefficient (Wildman–Crippen LogP) is 1.19. The Labute approximate surface area is 66.4 Å². The fraction of sp³-hybridized carbons (Fsp3) is 0. The molecular weight excluding hydrogens is 156 g/mol. The summed E-state index contributed by atoms with van der Waals surface area (Å²) in [6, 6.07) is -0.938. The van der Waals surface area contributed by atoms with E-state index in [9.17, 15) is 9.59 Å². The van der Waals surface area contributed by atoms with Gasteiger partial charge in [-0.2, -0.15) is 0 Å². The van der Waals surface area contributed by atoms with Crippen LogP contribution < -0.4 is 0 Å². The number of rotatable bonds is 2. The highest BCUT2D eigenvalue weighted by Gasteiger charge is 1.74. The molecule has 0 atom stereocenters. The zero-order valence-electron chi connectivity index (χ0n) is 7.06. The van der Waals surface area contributed by atoms with E-state index in [0.717, 1.165) is 0 Å². The number of carbonyl (C=O) groups is 2. The minimum atomic E-state index is -1.27. The molecule has 3 nitrogen and oxygen atoms in total. The monoisotopic (exact) mass is 164 g/mol. The predicted molar refractivity (Wildman–Crippen MR) is 38.9 cm³/mol. The van der Waals surface area contributed by atoms with E-state index in [0.29, 0.717) is 0 Å². The van der Waals surface area contributed by atoms with E-state index >= 15 is 0 Å². The van der Waals surface area contributed by atoms with Crippen molar-refractivity contribution in [1.82, 2.24) is 0 Å². The summed E-state index contributed by atoms with van der Waals surface area (Å²) in [6.07, 6.45) is 0. The molecule has 0 saturated carbocycles. The molecule has 0 radical (unpaired) electrons. The normalized spacial score (nSPS) is 9.30. The zero-order valence-corrected chi connectivity index (χ0v) is 5.81. The smallest absolute Gasteiger partial charge is 0.327 e. The van der Waals surface area contributed by atoms with Crippen LogP contribution in [0, 0.1) is 0 Å². The lowest BCUT2D eigenvalue weighted by Crippen LogP contribution is -1.82. The Morgan fingerprint density at radius 3 is 1.70 bits per heavy atom. The highest BCUT2D eigenvalue weighted by molar-refractivity contribution is 6.66. The van der Waals surface area contributed by atoms with E-state index in [1.807, 2.05) is 0 Å². The highest BCUT2D eigenvalue weighted by atomic mass is 35.5. The van der Waals surface area contributed by atoms with Crippen LogP contribution in [-0.2, 0) is 9.59 Å². The Morgan fingerprint density at radius 1 is 1.50 bits per heavy atom. The van der Waals surface area contributed by atoms with Crippen LogP contribution in [0.15, 0.2) is 25.3 Å². The Kier molecular flexibility index (Phi) is 5.55. The lowest BCUT2D eigenvalue weighted by Gasteiger charge is -1.64. The van der Waals surface area contributed by atoms with Crippen molar-refractivity contribution in [1.29, 1.82) is 0 Å². The van der Waals surface area contributed by atoms with Gasteiger partial charge in [-0.3, -0.25) is 4.79 Å². The molecule has 0 bridgehead atoms. The number of halogens is 1. The quantitative estimate of drug-likeness (QED) is 0.493. The summed E-state index contributed by atoms with van der Waals surface area (Å²) < 4.78 is 12.6. The third-order valence-electron chi connectivity index (χ3n) is 0.290. The van der Waals surface area contributed by atoms with Gasteiger partial charge < -0.3 is 5.11 Å². The number of carboxylic acid groups (broad SMARTS) is 1. The largest absolute Gasteiger partial charge is 0.478 e. The molecule has 0 aliphatic carbocycles. The van der Waals surface area contributed by atoms with Crippen LogP contribution in [0.25, 0.3) is 0 Å². The number of carbonyl (C=O) groups excluding carboxylic acids is 1. The molecule has 0 unspecified atom stereocenters. The van der Waals surface area contributed by atoms with Gasteiger partial charge in [0.15, 0.2) is 0 Å². The second-order valence-electron chi connectivity index (χ2n) is 0.932. The molecule has 4 heteroatoms. The molecular formula is C6H7ClO3. The van der Waals surface area contributed by atoms with E-state index in [4.69, 9.17) is 7.85 Å². The molecule has 1 N–H and O–H groups in total. The summed E-state index contributed by atoms with van der Waals surface area (Å²) in [4.78, 5) is 19.0. The van der Waals surface area contributed by atoms with Crippen molar-refractivity contribution in [2.75, 3.05) is 0 Å². The van der Waals surface area contributed by atoms with Crippen LogP contribution in [0.2, 0.25) is 0 Å². The number of carboxylic acids is 1. The molecule has 0 amide bonds. The third kappa shape index (κ3) is 28.5. The summed E-state index contributed by atoms with van der Waals surface area (Å²) in [5.41, 5.74) is 0. The van der Waals surface area contributed by atoms with Gasteiger partial charge in [-0.05, 0) is 17.7 Å². The third-order valence-corrected chi connectivity index (χ3v) is 0.424. The van der Waals surface area contributed by atoms with Crippen LogP contribution >= 0.6 is 11.6 Å². The van der Waals surface area contributed by atoms with E-state index in [1.165, 1.54) is 0 Å².